The van der Waals surface area contributed by atoms with Crippen LogP contribution in [0.15, 0.2) is 54.6 Å². The number of methoxy groups -OCH3 is 1. The molecule has 0 aliphatic carbocycles. The summed E-state index contributed by atoms with van der Waals surface area (Å²) < 4.78 is 4.75. The zero-order valence-corrected chi connectivity index (χ0v) is 20.4. The molecule has 184 valence electrons. The summed E-state index contributed by atoms with van der Waals surface area (Å²) in [7, 11) is 1.29. The molecule has 2 N–H and O–H groups in total. The zero-order valence-electron chi connectivity index (χ0n) is 19.6. The van der Waals surface area contributed by atoms with Crippen molar-refractivity contribution in [2.45, 2.75) is 24.4 Å². The highest BCUT2D eigenvalue weighted by Gasteiger charge is 2.68. The van der Waals surface area contributed by atoms with E-state index in [0.29, 0.717) is 17.5 Å². The molecule has 0 saturated carbocycles. The van der Waals surface area contributed by atoms with Gasteiger partial charge in [-0.15, -0.1) is 0 Å². The number of likely N-dealkylation sites (tertiary alicyclic amines) is 1. The van der Waals surface area contributed by atoms with E-state index in [9.17, 15) is 24.3 Å². The Bertz CT molecular complexity index is 1120. The number of nitrogens with zero attached hydrogens (tertiary/aromatic N) is 1. The molecule has 2 heterocycles. The quantitative estimate of drug-likeness (QED) is 0.309. The maximum atomic E-state index is 13.6. The van der Waals surface area contributed by atoms with Gasteiger partial charge in [0.2, 0.25) is 11.8 Å². The summed E-state index contributed by atoms with van der Waals surface area (Å²) in [4.78, 5) is 53.1. The summed E-state index contributed by atoms with van der Waals surface area (Å²) in [6.45, 7) is 0.264. The first kappa shape index (κ1) is 24.9. The smallest absolute Gasteiger partial charge is 0.337 e. The van der Waals surface area contributed by atoms with Gasteiger partial charge >= 0.3 is 11.9 Å². The summed E-state index contributed by atoms with van der Waals surface area (Å²) >= 11 is 1.62. The summed E-state index contributed by atoms with van der Waals surface area (Å²) in [5.41, 5.74) is 0.0746. The zero-order chi connectivity index (χ0) is 25.2. The normalized spacial score (nSPS) is 25.5. The molecule has 2 aliphatic heterocycles. The number of benzene rings is 2. The lowest BCUT2D eigenvalue weighted by Gasteiger charge is -2.31. The third-order valence-corrected chi connectivity index (χ3v) is 7.57. The number of carbonyl (C=O) groups excluding carboxylic acids is 3. The molecule has 2 aliphatic rings. The maximum absolute atomic E-state index is 13.6. The summed E-state index contributed by atoms with van der Waals surface area (Å²) in [5.74, 6) is -3.58. The standard InChI is InChI=1S/C26H28N2O6S/c1-34-24(31)18-11-9-17(10-12-18)21-19-20(23(30)28(22(19)29)13-6-14-35-2)26(27-21,25(32)33)15-16-7-4-3-5-8-16/h3-5,7-12,19-21,27H,6,13-15H2,1-2H3,(H,32,33). The number of carboxylic acid groups (broad SMARTS) is 1. The van der Waals surface area contributed by atoms with Gasteiger partial charge < -0.3 is 9.84 Å². The molecule has 0 radical (unpaired) electrons. The predicted octanol–water partition coefficient (Wildman–Crippen LogP) is 2.54. The Labute approximate surface area is 208 Å². The van der Waals surface area contributed by atoms with Crippen LogP contribution in [0.3, 0.4) is 0 Å². The molecule has 2 aromatic rings. The van der Waals surface area contributed by atoms with E-state index in [1.54, 1.807) is 36.0 Å². The number of fused-ring (bicyclic) bond motifs is 1. The van der Waals surface area contributed by atoms with Gasteiger partial charge in [-0.1, -0.05) is 42.5 Å². The van der Waals surface area contributed by atoms with Crippen molar-refractivity contribution in [2.24, 2.45) is 11.8 Å². The molecule has 2 fully saturated rings. The summed E-state index contributed by atoms with van der Waals surface area (Å²) in [5, 5.41) is 13.7. The molecule has 9 heteroatoms. The number of hydrogen-bond acceptors (Lipinski definition) is 7. The number of carbonyl (C=O) groups is 4. The Hall–Kier alpha value is -3.17. The van der Waals surface area contributed by atoms with Crippen molar-refractivity contribution in [3.05, 3.63) is 71.3 Å². The molecule has 4 rings (SSSR count). The third-order valence-electron chi connectivity index (χ3n) is 6.87. The van der Waals surface area contributed by atoms with Crippen LogP contribution in [0.4, 0.5) is 0 Å². The number of thioether (sulfide) groups is 1. The summed E-state index contributed by atoms with van der Waals surface area (Å²) in [6, 6.07) is 14.9. The van der Waals surface area contributed by atoms with Gasteiger partial charge in [0, 0.05) is 19.0 Å². The van der Waals surface area contributed by atoms with Crippen LogP contribution < -0.4 is 5.32 Å². The van der Waals surface area contributed by atoms with Crippen LogP contribution in [-0.4, -0.2) is 65.0 Å². The van der Waals surface area contributed by atoms with Crippen molar-refractivity contribution in [2.75, 3.05) is 25.7 Å². The van der Waals surface area contributed by atoms with Gasteiger partial charge in [-0.3, -0.25) is 24.6 Å². The average molecular weight is 497 g/mol. The van der Waals surface area contributed by atoms with E-state index >= 15 is 0 Å². The van der Waals surface area contributed by atoms with Gasteiger partial charge in [0.25, 0.3) is 0 Å². The lowest BCUT2D eigenvalue weighted by atomic mass is 9.76. The molecule has 2 saturated heterocycles. The van der Waals surface area contributed by atoms with Crippen LogP contribution in [0.2, 0.25) is 0 Å². The molecular weight excluding hydrogens is 468 g/mol. The number of hydrogen-bond donors (Lipinski definition) is 2. The number of ether oxygens (including phenoxy) is 1. The van der Waals surface area contributed by atoms with E-state index in [4.69, 9.17) is 4.74 Å². The van der Waals surface area contributed by atoms with E-state index in [1.807, 2.05) is 36.6 Å². The first-order chi connectivity index (χ1) is 16.8. The number of amides is 2. The van der Waals surface area contributed by atoms with Crippen molar-refractivity contribution in [3.8, 4) is 0 Å². The number of imide groups is 1. The van der Waals surface area contributed by atoms with Gasteiger partial charge in [0.1, 0.15) is 5.54 Å². The Kier molecular flexibility index (Phi) is 7.28. The molecule has 8 nitrogen and oxygen atoms in total. The van der Waals surface area contributed by atoms with E-state index < -0.39 is 41.3 Å². The van der Waals surface area contributed by atoms with Crippen molar-refractivity contribution in [3.63, 3.8) is 0 Å². The molecule has 2 amide bonds. The topological polar surface area (TPSA) is 113 Å². The van der Waals surface area contributed by atoms with E-state index in [1.165, 1.54) is 12.0 Å². The van der Waals surface area contributed by atoms with Gasteiger partial charge in [-0.05, 0) is 41.7 Å². The molecule has 0 bridgehead atoms. The number of carboxylic acids is 1. The average Bonchev–Trinajstić information content (AvgIpc) is 3.34. The Morgan fingerprint density at radius 2 is 1.77 bits per heavy atom. The first-order valence-electron chi connectivity index (χ1n) is 11.4. The van der Waals surface area contributed by atoms with Crippen LogP contribution in [-0.2, 0) is 25.5 Å². The number of esters is 1. The molecule has 4 unspecified atom stereocenters. The highest BCUT2D eigenvalue weighted by atomic mass is 32.2. The highest BCUT2D eigenvalue weighted by Crippen LogP contribution is 2.50. The number of nitrogens with one attached hydrogen (secondary N) is 1. The van der Waals surface area contributed by atoms with Gasteiger partial charge in [0.05, 0.1) is 24.5 Å². The monoisotopic (exact) mass is 496 g/mol. The molecule has 4 atom stereocenters. The summed E-state index contributed by atoms with van der Waals surface area (Å²) in [6.07, 6.45) is 2.65. The van der Waals surface area contributed by atoms with Crippen molar-refractivity contribution >= 4 is 35.5 Å². The minimum atomic E-state index is -1.65. The fraction of sp³-hybridized carbons (Fsp3) is 0.385. The Morgan fingerprint density at radius 1 is 1.09 bits per heavy atom. The molecular formula is C26H28N2O6S. The van der Waals surface area contributed by atoms with E-state index in [0.717, 1.165) is 11.3 Å². The minimum absolute atomic E-state index is 0.0543. The van der Waals surface area contributed by atoms with Crippen LogP contribution in [0, 0.1) is 11.8 Å². The first-order valence-corrected chi connectivity index (χ1v) is 12.8. The van der Waals surface area contributed by atoms with Gasteiger partial charge in [-0.25, -0.2) is 4.79 Å². The van der Waals surface area contributed by atoms with Crippen molar-refractivity contribution in [1.82, 2.24) is 10.2 Å². The van der Waals surface area contributed by atoms with Crippen LogP contribution in [0.1, 0.15) is 33.9 Å². The van der Waals surface area contributed by atoms with Crippen LogP contribution >= 0.6 is 11.8 Å². The van der Waals surface area contributed by atoms with Crippen molar-refractivity contribution < 1.29 is 29.0 Å². The lowest BCUT2D eigenvalue weighted by molar-refractivity contribution is -0.151. The Morgan fingerprint density at radius 3 is 2.37 bits per heavy atom. The Balaban J connectivity index is 1.76. The third kappa shape index (κ3) is 4.46. The maximum Gasteiger partial charge on any atom is 0.337 e. The van der Waals surface area contributed by atoms with E-state index in [2.05, 4.69) is 5.32 Å². The predicted molar refractivity (Wildman–Crippen MR) is 131 cm³/mol. The van der Waals surface area contributed by atoms with Crippen LogP contribution in [0.25, 0.3) is 0 Å². The molecule has 0 spiro atoms. The number of aliphatic carboxylic acids is 1. The second-order valence-electron chi connectivity index (χ2n) is 8.85. The van der Waals surface area contributed by atoms with Crippen LogP contribution in [0.5, 0.6) is 0 Å². The van der Waals surface area contributed by atoms with Gasteiger partial charge in [-0.2, -0.15) is 11.8 Å². The minimum Gasteiger partial charge on any atom is -0.480 e. The number of rotatable bonds is 9. The lowest BCUT2D eigenvalue weighted by Crippen LogP contribution is -2.57. The fourth-order valence-corrected chi connectivity index (χ4v) is 5.65. The highest BCUT2D eigenvalue weighted by molar-refractivity contribution is 7.98. The fourth-order valence-electron chi connectivity index (χ4n) is 5.23. The van der Waals surface area contributed by atoms with Crippen molar-refractivity contribution in [1.29, 1.82) is 0 Å². The molecule has 0 aromatic heterocycles. The second-order valence-corrected chi connectivity index (χ2v) is 9.84. The second kappa shape index (κ2) is 10.2. The van der Waals surface area contributed by atoms with E-state index in [-0.39, 0.29) is 18.9 Å². The van der Waals surface area contributed by atoms with Gasteiger partial charge in [0.15, 0.2) is 0 Å². The molecule has 35 heavy (non-hydrogen) atoms. The largest absolute Gasteiger partial charge is 0.480 e. The molecule has 2 aromatic carbocycles. The SMILES string of the molecule is COC(=O)c1ccc(C2NC(Cc3ccccc3)(C(=O)O)C3C(=O)N(CCCSC)C(=O)C23)cc1.